The summed E-state index contributed by atoms with van der Waals surface area (Å²) in [6.07, 6.45) is 4.76. The van der Waals surface area contributed by atoms with Gasteiger partial charge in [-0.25, -0.2) is 13.0 Å². The number of hydrogen-bond acceptors (Lipinski definition) is 3. The Morgan fingerprint density at radius 2 is 1.89 bits per heavy atom. The second kappa shape index (κ2) is 8.27. The molecule has 5 heteroatoms. The van der Waals surface area contributed by atoms with Crippen molar-refractivity contribution in [2.45, 2.75) is 33.6 Å². The molecule has 0 aromatic rings. The van der Waals surface area contributed by atoms with E-state index in [2.05, 4.69) is 40.1 Å². The Morgan fingerprint density at radius 3 is 2.32 bits per heavy atom. The summed E-state index contributed by atoms with van der Waals surface area (Å²) in [6, 6.07) is 0. The molecule has 0 rings (SSSR count). The van der Waals surface area contributed by atoms with Gasteiger partial charge in [-0.1, -0.05) is 27.4 Å². The van der Waals surface area contributed by atoms with E-state index in [-0.39, 0.29) is 5.75 Å². The highest BCUT2D eigenvalue weighted by molar-refractivity contribution is 7.85. The smallest absolute Gasteiger partial charge is 0.197 e. The lowest BCUT2D eigenvalue weighted by atomic mass is 9.99. The van der Waals surface area contributed by atoms with Gasteiger partial charge in [-0.05, 0) is 18.9 Å². The van der Waals surface area contributed by atoms with E-state index in [4.69, 9.17) is 0 Å². The van der Waals surface area contributed by atoms with Gasteiger partial charge in [0.2, 0.25) is 0 Å². The van der Waals surface area contributed by atoms with Crippen molar-refractivity contribution in [1.29, 1.82) is 0 Å². The number of unbranched alkanes of at least 4 members (excludes halogenated alkanes) is 1. The van der Waals surface area contributed by atoms with Crippen LogP contribution >= 0.6 is 0 Å². The van der Waals surface area contributed by atoms with E-state index < -0.39 is 10.1 Å². The van der Waals surface area contributed by atoms with E-state index in [1.165, 1.54) is 0 Å². The molecule has 0 fully saturated rings. The van der Waals surface area contributed by atoms with Crippen molar-refractivity contribution in [1.82, 2.24) is 0 Å². The van der Waals surface area contributed by atoms with Crippen LogP contribution in [0.5, 0.6) is 0 Å². The number of hydrogen-bond donors (Lipinski definition) is 0. The minimum absolute atomic E-state index is 0.304. The van der Waals surface area contributed by atoms with Gasteiger partial charge in [0.15, 0.2) is 5.70 Å². The summed E-state index contributed by atoms with van der Waals surface area (Å²) >= 11 is 0. The Bertz CT molecular complexity index is 436. The molecule has 1 atom stereocenters. The first-order chi connectivity index (χ1) is 8.67. The first kappa shape index (κ1) is 18.1. The first-order valence-electron chi connectivity index (χ1n) is 6.54. The van der Waals surface area contributed by atoms with Gasteiger partial charge in [-0.3, -0.25) is 0 Å². The fourth-order valence-corrected chi connectivity index (χ4v) is 2.01. The molecule has 0 aromatic carbocycles. The van der Waals surface area contributed by atoms with Gasteiger partial charge in [0.05, 0.1) is 10.1 Å². The van der Waals surface area contributed by atoms with Crippen LogP contribution < -0.4 is 0 Å². The summed E-state index contributed by atoms with van der Waals surface area (Å²) < 4.78 is 33.5. The fraction of sp³-hybridized carbons (Fsp3) is 0.643. The van der Waals surface area contributed by atoms with Crippen molar-refractivity contribution in [2.75, 3.05) is 12.3 Å². The number of allylic oxidation sites excluding steroid dienone is 1. The summed E-state index contributed by atoms with van der Waals surface area (Å²) in [5.74, 6) is 0.600. The number of nitrogens with zero attached hydrogens (tertiary/aromatic N) is 1. The maximum absolute atomic E-state index is 10.5. The van der Waals surface area contributed by atoms with Gasteiger partial charge in [0.25, 0.3) is 0 Å². The van der Waals surface area contributed by atoms with Gasteiger partial charge in [0, 0.05) is 24.2 Å². The second-order valence-corrected chi connectivity index (χ2v) is 6.63. The van der Waals surface area contributed by atoms with Crippen molar-refractivity contribution >= 4 is 16.3 Å². The van der Waals surface area contributed by atoms with Crippen molar-refractivity contribution in [2.24, 2.45) is 11.8 Å². The molecule has 0 aromatic heterocycles. The summed E-state index contributed by atoms with van der Waals surface area (Å²) in [7, 11) is -4.11. The molecule has 4 nitrogen and oxygen atoms in total. The van der Waals surface area contributed by atoms with E-state index >= 15 is 0 Å². The molecule has 0 heterocycles. The largest absolute Gasteiger partial charge is 0.748 e. The summed E-state index contributed by atoms with van der Waals surface area (Å²) in [6.45, 7) is 14.7. The van der Waals surface area contributed by atoms with Gasteiger partial charge >= 0.3 is 0 Å². The van der Waals surface area contributed by atoms with Crippen molar-refractivity contribution in [3.05, 3.63) is 24.9 Å². The summed E-state index contributed by atoms with van der Waals surface area (Å²) in [5, 5.41) is 0. The predicted octanol–water partition coefficient (Wildman–Crippen LogP) is 2.39. The molecule has 0 spiro atoms. The van der Waals surface area contributed by atoms with E-state index in [0.717, 1.165) is 5.70 Å². The Morgan fingerprint density at radius 1 is 1.32 bits per heavy atom. The molecule has 19 heavy (non-hydrogen) atoms. The maximum atomic E-state index is 10.5. The third-order valence-corrected chi connectivity index (χ3v) is 3.90. The second-order valence-electron chi connectivity index (χ2n) is 5.11. The molecule has 0 bridgehead atoms. The van der Waals surface area contributed by atoms with Crippen LogP contribution in [0.4, 0.5) is 0 Å². The highest BCUT2D eigenvalue weighted by Crippen LogP contribution is 2.08. The van der Waals surface area contributed by atoms with E-state index in [1.807, 2.05) is 4.58 Å². The first-order valence-corrected chi connectivity index (χ1v) is 8.11. The zero-order chi connectivity index (χ0) is 15.1. The predicted molar refractivity (Wildman–Crippen MR) is 78.3 cm³/mol. The average Bonchev–Trinajstić information content (AvgIpc) is 2.30. The molecule has 0 saturated carbocycles. The maximum Gasteiger partial charge on any atom is 0.197 e. The minimum atomic E-state index is -4.11. The molecule has 0 aliphatic heterocycles. The van der Waals surface area contributed by atoms with Crippen LogP contribution in [0.1, 0.15) is 33.6 Å². The van der Waals surface area contributed by atoms with Crippen molar-refractivity contribution in [3.63, 3.8) is 0 Å². The molecule has 0 saturated heterocycles. The van der Waals surface area contributed by atoms with E-state index in [0.29, 0.717) is 31.2 Å². The molecule has 0 aliphatic carbocycles. The Labute approximate surface area is 117 Å². The normalized spacial score (nSPS) is 14.5. The molecule has 0 aliphatic rings. The highest BCUT2D eigenvalue weighted by Gasteiger charge is 2.13. The van der Waals surface area contributed by atoms with Crippen LogP contribution in [0, 0.1) is 11.8 Å². The van der Waals surface area contributed by atoms with Crippen LogP contribution in [0.3, 0.4) is 0 Å². The van der Waals surface area contributed by atoms with Crippen LogP contribution in [0.25, 0.3) is 0 Å². The average molecular weight is 287 g/mol. The number of rotatable bonds is 9. The van der Waals surface area contributed by atoms with Crippen LogP contribution in [-0.2, 0) is 10.1 Å². The minimum Gasteiger partial charge on any atom is -0.748 e. The lowest BCUT2D eigenvalue weighted by molar-refractivity contribution is -0.469. The molecule has 1 unspecified atom stereocenters. The molecular weight excluding hydrogens is 262 g/mol. The van der Waals surface area contributed by atoms with Crippen molar-refractivity contribution in [3.8, 4) is 0 Å². The lowest BCUT2D eigenvalue weighted by Gasteiger charge is -2.10. The monoisotopic (exact) mass is 287 g/mol. The van der Waals surface area contributed by atoms with E-state index in [9.17, 15) is 13.0 Å². The zero-order valence-corrected chi connectivity index (χ0v) is 12.9. The van der Waals surface area contributed by atoms with Crippen molar-refractivity contribution < 1.29 is 17.5 Å². The zero-order valence-electron chi connectivity index (χ0n) is 12.1. The Kier molecular flexibility index (Phi) is 7.87. The SMILES string of the molecule is C=CC(=C)/[N+](=C\C(C)C(C)C)CCCCS(=O)(=O)[O-]. The summed E-state index contributed by atoms with van der Waals surface area (Å²) in [5.41, 5.74) is 0.789. The molecule has 0 N–H and O–H groups in total. The quantitative estimate of drug-likeness (QED) is 0.215. The molecule has 0 amide bonds. The van der Waals surface area contributed by atoms with Gasteiger partial charge in [0.1, 0.15) is 12.8 Å². The van der Waals surface area contributed by atoms with Crippen LogP contribution in [0.2, 0.25) is 0 Å². The summed E-state index contributed by atoms with van der Waals surface area (Å²) in [4.78, 5) is 0. The van der Waals surface area contributed by atoms with Crippen LogP contribution in [-0.4, -0.2) is 36.1 Å². The molecule has 110 valence electrons. The lowest BCUT2D eigenvalue weighted by Crippen LogP contribution is -2.19. The molecule has 0 radical (unpaired) electrons. The third kappa shape index (κ3) is 8.72. The van der Waals surface area contributed by atoms with E-state index in [1.54, 1.807) is 6.08 Å². The topological polar surface area (TPSA) is 60.2 Å². The fourth-order valence-electron chi connectivity index (χ4n) is 1.45. The Hall–Kier alpha value is -0.940. The third-order valence-electron chi connectivity index (χ3n) is 3.11. The standard InChI is InChI=1S/C14H25NO3S/c1-6-14(5)15(11-13(4)12(2)3)9-7-8-10-19(16,17)18/h6,11-13H,1,5,7-10H2,2-4H3/b15-11-. The van der Waals surface area contributed by atoms with Crippen LogP contribution in [0.15, 0.2) is 24.9 Å². The Balaban J connectivity index is 4.54. The van der Waals surface area contributed by atoms with Gasteiger partial charge in [-0.15, -0.1) is 0 Å². The molecular formula is C14H25NO3S. The van der Waals surface area contributed by atoms with Gasteiger partial charge in [-0.2, -0.15) is 0 Å². The van der Waals surface area contributed by atoms with Gasteiger partial charge < -0.3 is 4.55 Å². The highest BCUT2D eigenvalue weighted by atomic mass is 32.2.